The van der Waals surface area contributed by atoms with Crippen LogP contribution >= 0.6 is 0 Å². The summed E-state index contributed by atoms with van der Waals surface area (Å²) < 4.78 is 0. The van der Waals surface area contributed by atoms with Crippen molar-refractivity contribution in [3.63, 3.8) is 0 Å². The second-order valence-corrected chi connectivity index (χ2v) is 6.12. The van der Waals surface area contributed by atoms with E-state index in [-0.39, 0.29) is 11.6 Å². The predicted molar refractivity (Wildman–Crippen MR) is 106 cm³/mol. The van der Waals surface area contributed by atoms with Crippen LogP contribution in [0.15, 0.2) is 95.8 Å². The van der Waals surface area contributed by atoms with Gasteiger partial charge in [-0.15, -0.1) is 10.2 Å². The highest BCUT2D eigenvalue weighted by atomic mass is 16.1. The molecule has 0 atom stereocenters. The highest BCUT2D eigenvalue weighted by molar-refractivity contribution is 5.57. The lowest BCUT2D eigenvalue weighted by atomic mass is 9.99. The normalized spacial score (nSPS) is 10.7. The van der Waals surface area contributed by atoms with Crippen molar-refractivity contribution in [2.24, 2.45) is 0 Å². The topological polar surface area (TPSA) is 70.7 Å². The number of hydrogen-bond acceptors (Lipinski definition) is 4. The maximum Gasteiger partial charge on any atom is 0.279 e. The standard InChI is InChI=1S/C22H18N4O/c27-21-20(18-14-8-3-9-15-18)25-26-22(24-21)23-19(16-10-4-1-5-11-16)17-12-6-2-7-13-17/h1-15,19H,(H2,23,24,26,27). The summed E-state index contributed by atoms with van der Waals surface area (Å²) in [5.41, 5.74) is 2.90. The molecule has 0 bridgehead atoms. The first-order valence-corrected chi connectivity index (χ1v) is 8.70. The molecule has 0 aliphatic carbocycles. The van der Waals surface area contributed by atoms with Gasteiger partial charge < -0.3 is 5.32 Å². The summed E-state index contributed by atoms with van der Waals surface area (Å²) in [5.74, 6) is 0.331. The van der Waals surface area contributed by atoms with E-state index in [2.05, 4.69) is 20.5 Å². The van der Waals surface area contributed by atoms with Crippen LogP contribution in [-0.2, 0) is 0 Å². The van der Waals surface area contributed by atoms with Crippen molar-refractivity contribution in [2.45, 2.75) is 6.04 Å². The van der Waals surface area contributed by atoms with Crippen molar-refractivity contribution >= 4 is 5.95 Å². The van der Waals surface area contributed by atoms with E-state index in [1.165, 1.54) is 0 Å². The number of H-pyrrole nitrogens is 1. The van der Waals surface area contributed by atoms with Crippen LogP contribution in [0.1, 0.15) is 17.2 Å². The van der Waals surface area contributed by atoms with Crippen molar-refractivity contribution in [2.75, 3.05) is 5.32 Å². The van der Waals surface area contributed by atoms with E-state index in [9.17, 15) is 4.79 Å². The summed E-state index contributed by atoms with van der Waals surface area (Å²) in [4.78, 5) is 15.3. The third-order valence-corrected chi connectivity index (χ3v) is 4.29. The lowest BCUT2D eigenvalue weighted by Gasteiger charge is -2.19. The number of benzene rings is 3. The highest BCUT2D eigenvalue weighted by Crippen LogP contribution is 2.24. The van der Waals surface area contributed by atoms with Crippen molar-refractivity contribution in [1.29, 1.82) is 0 Å². The van der Waals surface area contributed by atoms with E-state index in [1.54, 1.807) is 0 Å². The Morgan fingerprint density at radius 2 is 1.22 bits per heavy atom. The quantitative estimate of drug-likeness (QED) is 0.568. The van der Waals surface area contributed by atoms with E-state index < -0.39 is 0 Å². The molecule has 5 nitrogen and oxygen atoms in total. The molecule has 0 spiro atoms. The zero-order valence-electron chi connectivity index (χ0n) is 14.5. The molecule has 0 saturated heterocycles. The van der Waals surface area contributed by atoms with Gasteiger partial charge in [-0.1, -0.05) is 91.0 Å². The van der Waals surface area contributed by atoms with Gasteiger partial charge in [0.25, 0.3) is 5.56 Å². The molecule has 132 valence electrons. The minimum Gasteiger partial charge on any atom is -0.344 e. The molecule has 0 saturated carbocycles. The van der Waals surface area contributed by atoms with Crippen LogP contribution in [0.5, 0.6) is 0 Å². The summed E-state index contributed by atoms with van der Waals surface area (Å²) in [7, 11) is 0. The van der Waals surface area contributed by atoms with Crippen molar-refractivity contribution < 1.29 is 0 Å². The first kappa shape index (κ1) is 16.7. The molecule has 0 fully saturated rings. The number of nitrogens with zero attached hydrogens (tertiary/aromatic N) is 2. The van der Waals surface area contributed by atoms with Crippen LogP contribution in [0.3, 0.4) is 0 Å². The molecule has 0 unspecified atom stereocenters. The van der Waals surface area contributed by atoms with Gasteiger partial charge in [0, 0.05) is 5.56 Å². The molecule has 0 aliphatic rings. The zero-order chi connectivity index (χ0) is 18.5. The van der Waals surface area contributed by atoms with Gasteiger partial charge in [-0.25, -0.2) is 0 Å². The average molecular weight is 354 g/mol. The third-order valence-electron chi connectivity index (χ3n) is 4.29. The molecule has 4 aromatic rings. The van der Waals surface area contributed by atoms with Gasteiger partial charge in [0.2, 0.25) is 5.95 Å². The predicted octanol–water partition coefficient (Wildman–Crippen LogP) is 4.03. The van der Waals surface area contributed by atoms with Gasteiger partial charge in [-0.3, -0.25) is 9.78 Å². The molecule has 5 heteroatoms. The summed E-state index contributed by atoms with van der Waals surface area (Å²) in [6, 6.07) is 29.2. The zero-order valence-corrected chi connectivity index (χ0v) is 14.5. The summed E-state index contributed by atoms with van der Waals surface area (Å²) in [6.45, 7) is 0. The van der Waals surface area contributed by atoms with Crippen molar-refractivity contribution in [3.8, 4) is 11.3 Å². The number of aromatic amines is 1. The van der Waals surface area contributed by atoms with Crippen molar-refractivity contribution in [1.82, 2.24) is 15.2 Å². The minimum atomic E-state index is -0.279. The Morgan fingerprint density at radius 3 is 1.74 bits per heavy atom. The van der Waals surface area contributed by atoms with Crippen LogP contribution in [0.4, 0.5) is 5.95 Å². The largest absolute Gasteiger partial charge is 0.344 e. The average Bonchev–Trinajstić information content (AvgIpc) is 2.74. The smallest absolute Gasteiger partial charge is 0.279 e. The Labute approximate surface area is 156 Å². The Bertz CT molecular complexity index is 1020. The van der Waals surface area contributed by atoms with Crippen LogP contribution in [0, 0.1) is 0 Å². The lowest BCUT2D eigenvalue weighted by Crippen LogP contribution is -2.20. The molecule has 1 heterocycles. The fraction of sp³-hybridized carbons (Fsp3) is 0.0455. The van der Waals surface area contributed by atoms with Crippen LogP contribution in [-0.4, -0.2) is 15.2 Å². The van der Waals surface area contributed by atoms with Crippen LogP contribution in [0.2, 0.25) is 0 Å². The summed E-state index contributed by atoms with van der Waals surface area (Å²) in [5, 5.41) is 11.6. The molecule has 3 aromatic carbocycles. The molecule has 0 radical (unpaired) electrons. The highest BCUT2D eigenvalue weighted by Gasteiger charge is 2.16. The maximum atomic E-state index is 12.5. The van der Waals surface area contributed by atoms with Gasteiger partial charge in [-0.2, -0.15) is 0 Å². The fourth-order valence-corrected chi connectivity index (χ4v) is 2.97. The van der Waals surface area contributed by atoms with Gasteiger partial charge in [0.15, 0.2) is 5.69 Å². The number of rotatable bonds is 5. The van der Waals surface area contributed by atoms with E-state index in [4.69, 9.17) is 0 Å². The Balaban J connectivity index is 1.68. The Kier molecular flexibility index (Phi) is 4.74. The fourth-order valence-electron chi connectivity index (χ4n) is 2.97. The lowest BCUT2D eigenvalue weighted by molar-refractivity contribution is 0.869. The first-order chi connectivity index (χ1) is 13.3. The van der Waals surface area contributed by atoms with E-state index in [0.717, 1.165) is 16.7 Å². The number of hydrogen-bond donors (Lipinski definition) is 2. The molecule has 2 N–H and O–H groups in total. The van der Waals surface area contributed by atoms with Gasteiger partial charge >= 0.3 is 0 Å². The van der Waals surface area contributed by atoms with E-state index in [1.807, 2.05) is 91.0 Å². The van der Waals surface area contributed by atoms with E-state index in [0.29, 0.717) is 11.6 Å². The van der Waals surface area contributed by atoms with Crippen LogP contribution in [0.25, 0.3) is 11.3 Å². The molecule has 0 amide bonds. The van der Waals surface area contributed by atoms with Gasteiger partial charge in [0.05, 0.1) is 6.04 Å². The molecule has 4 rings (SSSR count). The van der Waals surface area contributed by atoms with Gasteiger partial charge in [0.1, 0.15) is 0 Å². The second-order valence-electron chi connectivity index (χ2n) is 6.12. The summed E-state index contributed by atoms with van der Waals surface area (Å²) >= 11 is 0. The molecule has 1 aromatic heterocycles. The Morgan fingerprint density at radius 1 is 0.704 bits per heavy atom. The van der Waals surface area contributed by atoms with Crippen LogP contribution < -0.4 is 10.9 Å². The second kappa shape index (κ2) is 7.66. The maximum absolute atomic E-state index is 12.5. The molecule has 0 aliphatic heterocycles. The minimum absolute atomic E-state index is 0.153. The number of anilines is 1. The third kappa shape index (κ3) is 3.77. The first-order valence-electron chi connectivity index (χ1n) is 8.70. The molecule has 27 heavy (non-hydrogen) atoms. The van der Waals surface area contributed by atoms with Crippen molar-refractivity contribution in [3.05, 3.63) is 112 Å². The Hall–Kier alpha value is -3.73. The molecular weight excluding hydrogens is 336 g/mol. The number of nitrogens with one attached hydrogen (secondary N) is 2. The van der Waals surface area contributed by atoms with Gasteiger partial charge in [-0.05, 0) is 11.1 Å². The monoisotopic (exact) mass is 354 g/mol. The summed E-state index contributed by atoms with van der Waals surface area (Å²) in [6.07, 6.45) is 0. The van der Waals surface area contributed by atoms with E-state index >= 15 is 0 Å². The number of aromatic nitrogens is 3. The SMILES string of the molecule is O=c1[nH]c(NC(c2ccccc2)c2ccccc2)nnc1-c1ccccc1. The molecular formula is C22H18N4O.